The molecule has 0 radical (unpaired) electrons. The molecule has 71 heavy (non-hydrogen) atoms. The average molecular weight is 905 g/mol. The minimum Gasteiger partial charge on any atom is -0.455 e. The lowest BCUT2D eigenvalue weighted by Crippen LogP contribution is -2.09. The molecule has 0 N–H and O–H groups in total. The van der Waals surface area contributed by atoms with Crippen LogP contribution in [0.5, 0.6) is 0 Å². The molecule has 0 unspecified atom stereocenters. The van der Waals surface area contributed by atoms with Crippen LogP contribution in [-0.4, -0.2) is 4.57 Å². The van der Waals surface area contributed by atoms with Crippen molar-refractivity contribution in [3.8, 4) is 50.2 Å². The molecule has 0 bridgehead atoms. The molecule has 0 fully saturated rings. The normalized spacial score (nSPS) is 11.7. The first kappa shape index (κ1) is 40.6. The highest BCUT2D eigenvalue weighted by molar-refractivity contribution is 6.15. The summed E-state index contributed by atoms with van der Waals surface area (Å²) >= 11 is 0. The van der Waals surface area contributed by atoms with Crippen LogP contribution in [0.15, 0.2) is 271 Å². The molecule has 0 saturated carbocycles. The molecule has 2 heterocycles. The van der Waals surface area contributed by atoms with E-state index in [9.17, 15) is 0 Å². The number of hydrogen-bond donors (Lipinski definition) is 0. The largest absolute Gasteiger partial charge is 0.455 e. The van der Waals surface area contributed by atoms with Gasteiger partial charge >= 0.3 is 0 Å². The molecule has 0 atom stereocenters. The predicted molar refractivity (Wildman–Crippen MR) is 299 cm³/mol. The third-order valence-electron chi connectivity index (χ3n) is 14.4. The number of anilines is 3. The second-order valence-corrected chi connectivity index (χ2v) is 18.4. The minimum absolute atomic E-state index is 0.891. The Balaban J connectivity index is 0.845. The van der Waals surface area contributed by atoms with Gasteiger partial charge in [0.05, 0.1) is 16.7 Å². The maximum Gasteiger partial charge on any atom is 0.143 e. The van der Waals surface area contributed by atoms with Crippen LogP contribution in [0.4, 0.5) is 17.1 Å². The van der Waals surface area contributed by atoms with E-state index in [1.165, 1.54) is 60.2 Å². The number of fused-ring (bicyclic) bond motifs is 9. The van der Waals surface area contributed by atoms with Crippen molar-refractivity contribution in [1.82, 2.24) is 4.57 Å². The van der Waals surface area contributed by atoms with E-state index in [-0.39, 0.29) is 0 Å². The number of benzene rings is 12. The number of aromatic nitrogens is 1. The van der Waals surface area contributed by atoms with Gasteiger partial charge in [0.2, 0.25) is 0 Å². The number of hydrogen-bond acceptors (Lipinski definition) is 2. The van der Waals surface area contributed by atoms with Gasteiger partial charge in [-0.15, -0.1) is 0 Å². The first-order valence-electron chi connectivity index (χ1n) is 24.3. The van der Waals surface area contributed by atoms with E-state index in [2.05, 4.69) is 276 Å². The molecule has 14 rings (SSSR count). The molecule has 0 amide bonds. The molecule has 0 spiro atoms. The molecule has 12 aromatic carbocycles. The molecule has 332 valence electrons. The third kappa shape index (κ3) is 6.89. The highest BCUT2D eigenvalue weighted by Gasteiger charge is 2.18. The topological polar surface area (TPSA) is 21.3 Å². The number of furan rings is 1. The quantitative estimate of drug-likeness (QED) is 0.151. The smallest absolute Gasteiger partial charge is 0.143 e. The predicted octanol–water partition coefficient (Wildman–Crippen LogP) is 19.1. The fraction of sp³-hybridized carbons (Fsp3) is 0. The van der Waals surface area contributed by atoms with Crippen molar-refractivity contribution in [3.63, 3.8) is 0 Å². The number of para-hydroxylation sites is 3. The molecule has 0 aliphatic heterocycles. The Labute approximate surface area is 411 Å². The molecular formula is C68H44N2O. The van der Waals surface area contributed by atoms with Gasteiger partial charge in [0.15, 0.2) is 0 Å². The van der Waals surface area contributed by atoms with Crippen LogP contribution >= 0.6 is 0 Å². The van der Waals surface area contributed by atoms with Gasteiger partial charge in [0, 0.05) is 49.6 Å². The van der Waals surface area contributed by atoms with Gasteiger partial charge in [0.25, 0.3) is 0 Å². The fourth-order valence-electron chi connectivity index (χ4n) is 11.0. The van der Waals surface area contributed by atoms with Crippen LogP contribution in [0.2, 0.25) is 0 Å². The summed E-state index contributed by atoms with van der Waals surface area (Å²) < 4.78 is 9.00. The number of nitrogens with zero attached hydrogens (tertiary/aromatic N) is 2. The SMILES string of the molecule is c1cc(-c2ccc(N(c3ccc(-c4ccc5c(c4)oc4c6ccccc6ccc54)cc3)c3ccc(-c4ccccc4-n4c5ccccc5c5ccccc54)cc3)cc2)cc(-c2cccc3ccccc23)c1. The summed E-state index contributed by atoms with van der Waals surface area (Å²) in [6.45, 7) is 0. The van der Waals surface area contributed by atoms with Crippen LogP contribution < -0.4 is 4.90 Å². The molecule has 3 nitrogen and oxygen atoms in total. The Kier molecular flexibility index (Phi) is 9.53. The van der Waals surface area contributed by atoms with Crippen LogP contribution in [0.1, 0.15) is 0 Å². The second-order valence-electron chi connectivity index (χ2n) is 18.4. The lowest BCUT2D eigenvalue weighted by molar-refractivity contribution is 0.673. The van der Waals surface area contributed by atoms with Gasteiger partial charge in [0.1, 0.15) is 11.2 Å². The van der Waals surface area contributed by atoms with E-state index in [0.29, 0.717) is 0 Å². The van der Waals surface area contributed by atoms with Crippen molar-refractivity contribution in [1.29, 1.82) is 0 Å². The van der Waals surface area contributed by atoms with Gasteiger partial charge in [-0.2, -0.15) is 0 Å². The maximum absolute atomic E-state index is 6.59. The molecule has 3 heteroatoms. The first-order valence-corrected chi connectivity index (χ1v) is 24.3. The summed E-state index contributed by atoms with van der Waals surface area (Å²) in [7, 11) is 0. The van der Waals surface area contributed by atoms with E-state index in [1.807, 2.05) is 0 Å². The van der Waals surface area contributed by atoms with Crippen molar-refractivity contribution < 1.29 is 4.42 Å². The summed E-state index contributed by atoms with van der Waals surface area (Å²) in [5.41, 5.74) is 17.9. The van der Waals surface area contributed by atoms with Crippen LogP contribution in [0.3, 0.4) is 0 Å². The Morgan fingerprint density at radius 1 is 0.282 bits per heavy atom. The minimum atomic E-state index is 0.891. The van der Waals surface area contributed by atoms with Crippen molar-refractivity contribution in [3.05, 3.63) is 267 Å². The van der Waals surface area contributed by atoms with Crippen molar-refractivity contribution in [2.75, 3.05) is 4.90 Å². The molecule has 2 aromatic heterocycles. The van der Waals surface area contributed by atoms with Crippen molar-refractivity contribution >= 4 is 82.4 Å². The first-order chi connectivity index (χ1) is 35.2. The highest BCUT2D eigenvalue weighted by atomic mass is 16.3. The fourth-order valence-corrected chi connectivity index (χ4v) is 11.0. The zero-order chi connectivity index (χ0) is 46.8. The van der Waals surface area contributed by atoms with E-state index >= 15 is 0 Å². The number of rotatable bonds is 8. The van der Waals surface area contributed by atoms with Crippen molar-refractivity contribution in [2.45, 2.75) is 0 Å². The zero-order valence-electron chi connectivity index (χ0n) is 38.7. The second kappa shape index (κ2) is 16.7. The Morgan fingerprint density at radius 2 is 0.761 bits per heavy atom. The van der Waals surface area contributed by atoms with Gasteiger partial charge in [-0.05, 0) is 134 Å². The van der Waals surface area contributed by atoms with Crippen molar-refractivity contribution in [2.24, 2.45) is 0 Å². The summed E-state index contributed by atoms with van der Waals surface area (Å²) in [5.74, 6) is 0. The van der Waals surface area contributed by atoms with E-state index in [1.54, 1.807) is 0 Å². The molecule has 0 aliphatic rings. The van der Waals surface area contributed by atoms with Crippen LogP contribution in [-0.2, 0) is 0 Å². The summed E-state index contributed by atoms with van der Waals surface area (Å²) in [4.78, 5) is 2.36. The van der Waals surface area contributed by atoms with Crippen LogP contribution in [0.25, 0.3) is 115 Å². The standard InChI is InChI=1S/C68H44N2O/c1-3-18-56-47(13-1)15-12-23-57(56)52-17-11-16-50(43-52)45-27-35-53(36-28-45)69(54-37-29-46(30-38-54)51-34-41-62-63-42-33-48-14-2-4-20-59(48)68(63)71-67(62)44-51)55-39-31-49(32-40-55)58-19-5-8-24-64(58)70-65-25-9-6-21-60(65)61-22-7-10-26-66(61)70/h1-44H. The highest BCUT2D eigenvalue weighted by Crippen LogP contribution is 2.42. The summed E-state index contributed by atoms with van der Waals surface area (Å²) in [5, 5.41) is 9.59. The Bertz CT molecular complexity index is 4270. The van der Waals surface area contributed by atoms with Crippen LogP contribution in [0, 0.1) is 0 Å². The van der Waals surface area contributed by atoms with E-state index in [0.717, 1.165) is 72.3 Å². The monoisotopic (exact) mass is 904 g/mol. The van der Waals surface area contributed by atoms with Gasteiger partial charge in [-0.3, -0.25) is 0 Å². The average Bonchev–Trinajstić information content (AvgIpc) is 3.99. The molecule has 14 aromatic rings. The molecule has 0 saturated heterocycles. The van der Waals surface area contributed by atoms with Gasteiger partial charge in [-0.1, -0.05) is 188 Å². The van der Waals surface area contributed by atoms with Gasteiger partial charge in [-0.25, -0.2) is 0 Å². The Morgan fingerprint density at radius 3 is 1.45 bits per heavy atom. The lowest BCUT2D eigenvalue weighted by atomic mass is 9.95. The zero-order valence-corrected chi connectivity index (χ0v) is 38.7. The Hall–Kier alpha value is -9.44. The van der Waals surface area contributed by atoms with E-state index < -0.39 is 0 Å². The lowest BCUT2D eigenvalue weighted by Gasteiger charge is -2.26. The summed E-state index contributed by atoms with van der Waals surface area (Å²) in [6.07, 6.45) is 0. The van der Waals surface area contributed by atoms with Gasteiger partial charge < -0.3 is 13.9 Å². The summed E-state index contributed by atoms with van der Waals surface area (Å²) in [6, 6.07) is 96.6. The van der Waals surface area contributed by atoms with E-state index in [4.69, 9.17) is 4.42 Å². The third-order valence-corrected chi connectivity index (χ3v) is 14.4. The molecule has 0 aliphatic carbocycles. The maximum atomic E-state index is 6.59. The molecular weight excluding hydrogens is 861 g/mol.